The van der Waals surface area contributed by atoms with E-state index in [1.165, 1.54) is 0 Å². The average Bonchev–Trinajstić information content (AvgIpc) is 2.69. The van der Waals surface area contributed by atoms with E-state index in [0.717, 1.165) is 38.6 Å². The van der Waals surface area contributed by atoms with Gasteiger partial charge in [0.1, 0.15) is 11.6 Å². The first-order valence-corrected chi connectivity index (χ1v) is 9.83. The summed E-state index contributed by atoms with van der Waals surface area (Å²) >= 11 is 0. The van der Waals surface area contributed by atoms with Gasteiger partial charge in [-0.3, -0.25) is 0 Å². The summed E-state index contributed by atoms with van der Waals surface area (Å²) in [5.41, 5.74) is 4.84. The van der Waals surface area contributed by atoms with Crippen molar-refractivity contribution in [3.63, 3.8) is 0 Å². The van der Waals surface area contributed by atoms with Gasteiger partial charge < -0.3 is 4.74 Å². The van der Waals surface area contributed by atoms with Crippen molar-refractivity contribution in [3.8, 4) is 28.1 Å². The molecule has 4 heteroatoms. The van der Waals surface area contributed by atoms with Crippen LogP contribution in [0, 0.1) is 12.7 Å². The maximum absolute atomic E-state index is 15.0. The van der Waals surface area contributed by atoms with Gasteiger partial charge in [0.2, 0.25) is 0 Å². The number of benzene rings is 3. The number of para-hydroxylation sites is 1. The molecule has 0 aliphatic heterocycles. The van der Waals surface area contributed by atoms with Gasteiger partial charge in [-0.2, -0.15) is 0 Å². The van der Waals surface area contributed by atoms with Crippen LogP contribution in [0.15, 0.2) is 66.7 Å². The van der Waals surface area contributed by atoms with Crippen LogP contribution >= 0.6 is 9.24 Å². The minimum Gasteiger partial charge on any atom is -0.493 e. The first-order valence-electron chi connectivity index (χ1n) is 9.26. The van der Waals surface area contributed by atoms with Gasteiger partial charge in [0.15, 0.2) is 0 Å². The lowest BCUT2D eigenvalue weighted by Gasteiger charge is -2.12. The van der Waals surface area contributed by atoms with Crippen LogP contribution in [-0.2, 0) is 0 Å². The van der Waals surface area contributed by atoms with Gasteiger partial charge in [-0.1, -0.05) is 36.4 Å². The van der Waals surface area contributed by atoms with Crippen molar-refractivity contribution in [2.45, 2.75) is 13.8 Å². The quantitative estimate of drug-likeness (QED) is 0.405. The van der Waals surface area contributed by atoms with E-state index in [4.69, 9.17) is 9.72 Å². The minimum atomic E-state index is -0.287. The molecule has 28 heavy (non-hydrogen) atoms. The van der Waals surface area contributed by atoms with Crippen molar-refractivity contribution in [2.75, 3.05) is 6.61 Å². The van der Waals surface area contributed by atoms with Crippen molar-refractivity contribution in [1.29, 1.82) is 0 Å². The average molecular weight is 389 g/mol. The molecule has 0 amide bonds. The zero-order chi connectivity index (χ0) is 19.7. The van der Waals surface area contributed by atoms with E-state index in [-0.39, 0.29) is 5.82 Å². The number of aryl methyl sites for hydroxylation is 1. The van der Waals surface area contributed by atoms with Crippen LogP contribution in [0.3, 0.4) is 0 Å². The predicted octanol–water partition coefficient (Wildman–Crippen LogP) is 5.92. The van der Waals surface area contributed by atoms with Crippen LogP contribution in [0.2, 0.25) is 0 Å². The summed E-state index contributed by atoms with van der Waals surface area (Å²) in [6.45, 7) is 4.51. The SMILES string of the molecule is CCOc1ccccc1-c1ccc(-c2cc(C)c3cc(P)ccc3n2)cc1F. The molecule has 0 aliphatic rings. The van der Waals surface area contributed by atoms with E-state index in [2.05, 4.69) is 22.2 Å². The molecule has 0 N–H and O–H groups in total. The molecule has 0 fully saturated rings. The largest absolute Gasteiger partial charge is 0.493 e. The molecule has 0 saturated carbocycles. The van der Waals surface area contributed by atoms with Crippen LogP contribution in [-0.4, -0.2) is 11.6 Å². The highest BCUT2D eigenvalue weighted by molar-refractivity contribution is 7.27. The first kappa shape index (κ1) is 18.6. The van der Waals surface area contributed by atoms with Crippen LogP contribution in [0.5, 0.6) is 5.75 Å². The highest BCUT2D eigenvalue weighted by Crippen LogP contribution is 2.34. The van der Waals surface area contributed by atoms with Crippen molar-refractivity contribution in [1.82, 2.24) is 4.98 Å². The Hall–Kier alpha value is -2.77. The fourth-order valence-corrected chi connectivity index (χ4v) is 3.69. The van der Waals surface area contributed by atoms with Crippen molar-refractivity contribution >= 4 is 25.4 Å². The van der Waals surface area contributed by atoms with Crippen molar-refractivity contribution in [3.05, 3.63) is 78.1 Å². The Morgan fingerprint density at radius 3 is 2.57 bits per heavy atom. The molecular weight excluding hydrogens is 368 g/mol. The third kappa shape index (κ3) is 3.50. The molecule has 4 rings (SSSR count). The zero-order valence-electron chi connectivity index (χ0n) is 15.9. The van der Waals surface area contributed by atoms with E-state index in [0.29, 0.717) is 17.9 Å². The molecular formula is C24H21FNOP. The second kappa shape index (κ2) is 7.69. The van der Waals surface area contributed by atoms with Crippen LogP contribution in [0.25, 0.3) is 33.3 Å². The van der Waals surface area contributed by atoms with Crippen molar-refractivity contribution in [2.24, 2.45) is 0 Å². The third-order valence-corrected chi connectivity index (χ3v) is 5.14. The summed E-state index contributed by atoms with van der Waals surface area (Å²) in [7, 11) is 2.71. The van der Waals surface area contributed by atoms with E-state index in [1.54, 1.807) is 12.1 Å². The molecule has 0 radical (unpaired) electrons. The summed E-state index contributed by atoms with van der Waals surface area (Å²) < 4.78 is 20.7. The Morgan fingerprint density at radius 2 is 1.79 bits per heavy atom. The molecule has 140 valence electrons. The van der Waals surface area contributed by atoms with Gasteiger partial charge in [0.05, 0.1) is 17.8 Å². The lowest BCUT2D eigenvalue weighted by molar-refractivity contribution is 0.341. The van der Waals surface area contributed by atoms with Gasteiger partial charge in [0.25, 0.3) is 0 Å². The van der Waals surface area contributed by atoms with Gasteiger partial charge >= 0.3 is 0 Å². The molecule has 2 nitrogen and oxygen atoms in total. The number of pyridine rings is 1. The maximum Gasteiger partial charge on any atom is 0.131 e. The lowest BCUT2D eigenvalue weighted by Crippen LogP contribution is -1.96. The number of halogens is 1. The van der Waals surface area contributed by atoms with Crippen LogP contribution in [0.1, 0.15) is 12.5 Å². The number of ether oxygens (including phenoxy) is 1. The number of hydrogen-bond acceptors (Lipinski definition) is 2. The van der Waals surface area contributed by atoms with Crippen molar-refractivity contribution < 1.29 is 9.13 Å². The second-order valence-electron chi connectivity index (χ2n) is 6.72. The molecule has 0 bridgehead atoms. The van der Waals surface area contributed by atoms with E-state index in [1.807, 2.05) is 55.5 Å². The highest BCUT2D eigenvalue weighted by Gasteiger charge is 2.13. The highest BCUT2D eigenvalue weighted by atomic mass is 31.0. The van der Waals surface area contributed by atoms with Gasteiger partial charge in [-0.15, -0.1) is 9.24 Å². The fraction of sp³-hybridized carbons (Fsp3) is 0.125. The molecule has 3 aromatic carbocycles. The summed E-state index contributed by atoms with van der Waals surface area (Å²) in [6.07, 6.45) is 0. The number of nitrogens with zero attached hydrogens (tertiary/aromatic N) is 1. The summed E-state index contributed by atoms with van der Waals surface area (Å²) in [5.74, 6) is 0.397. The standard InChI is InChI=1S/C24H21FNOP/c1-3-27-24-7-5-4-6-19(24)18-10-8-16(13-21(18)25)23-12-15(2)20-14-17(28)9-11-22(20)26-23/h4-14H,3,28H2,1-2H3. The van der Waals surface area contributed by atoms with Gasteiger partial charge in [-0.25, -0.2) is 9.37 Å². The normalized spacial score (nSPS) is 11.0. The van der Waals surface area contributed by atoms with Crippen LogP contribution in [0.4, 0.5) is 4.39 Å². The molecule has 1 unspecified atom stereocenters. The minimum absolute atomic E-state index is 0.287. The molecule has 0 saturated heterocycles. The molecule has 0 aliphatic carbocycles. The summed E-state index contributed by atoms with van der Waals surface area (Å²) in [4.78, 5) is 4.74. The molecule has 0 spiro atoms. The topological polar surface area (TPSA) is 22.1 Å². The molecule has 1 aromatic heterocycles. The molecule has 4 aromatic rings. The Bertz CT molecular complexity index is 1170. The molecule has 1 atom stereocenters. The Balaban J connectivity index is 1.79. The number of aromatic nitrogens is 1. The van der Waals surface area contributed by atoms with Gasteiger partial charge in [-0.05, 0) is 55.0 Å². The summed E-state index contributed by atoms with van der Waals surface area (Å²) in [5, 5.41) is 2.23. The maximum atomic E-state index is 15.0. The predicted molar refractivity (Wildman–Crippen MR) is 118 cm³/mol. The molecule has 1 heterocycles. The van der Waals surface area contributed by atoms with E-state index >= 15 is 4.39 Å². The van der Waals surface area contributed by atoms with Gasteiger partial charge in [0, 0.05) is 22.1 Å². The second-order valence-corrected chi connectivity index (χ2v) is 7.39. The summed E-state index contributed by atoms with van der Waals surface area (Å²) in [6, 6.07) is 20.9. The number of hydrogen-bond donors (Lipinski definition) is 0. The Labute approximate surface area is 166 Å². The first-order chi connectivity index (χ1) is 13.6. The van der Waals surface area contributed by atoms with E-state index < -0.39 is 0 Å². The lowest BCUT2D eigenvalue weighted by atomic mass is 9.99. The van der Waals surface area contributed by atoms with E-state index in [9.17, 15) is 0 Å². The Morgan fingerprint density at radius 1 is 0.964 bits per heavy atom. The zero-order valence-corrected chi connectivity index (χ0v) is 17.0. The smallest absolute Gasteiger partial charge is 0.131 e. The Kier molecular flexibility index (Phi) is 5.11. The number of rotatable bonds is 4. The fourth-order valence-electron chi connectivity index (χ4n) is 3.42. The van der Waals surface area contributed by atoms with Crippen LogP contribution < -0.4 is 10.0 Å². The monoisotopic (exact) mass is 389 g/mol. The number of fused-ring (bicyclic) bond motifs is 1. The third-order valence-electron chi connectivity index (χ3n) is 4.78.